The van der Waals surface area contributed by atoms with Crippen LogP contribution in [0.2, 0.25) is 0 Å². The van der Waals surface area contributed by atoms with E-state index >= 15 is 0 Å². The Morgan fingerprint density at radius 1 is 1.38 bits per heavy atom. The Labute approximate surface area is 128 Å². The van der Waals surface area contributed by atoms with Crippen LogP contribution in [0.25, 0.3) is 0 Å². The van der Waals surface area contributed by atoms with Crippen molar-refractivity contribution in [3.05, 3.63) is 33.2 Å². The van der Waals surface area contributed by atoms with E-state index in [4.69, 9.17) is 0 Å². The highest BCUT2D eigenvalue weighted by Gasteiger charge is 2.19. The predicted octanol–water partition coefficient (Wildman–Crippen LogP) is 2.13. The monoisotopic (exact) mass is 291 g/mol. The Balaban J connectivity index is 2.38. The molecule has 0 fully saturated rings. The lowest BCUT2D eigenvalue weighted by Gasteiger charge is -2.28. The average Bonchev–Trinajstić information content (AvgIpc) is 2.44. The fraction of sp³-hybridized carbons (Fsp3) is 0.706. The summed E-state index contributed by atoms with van der Waals surface area (Å²) >= 11 is 0. The molecule has 0 atom stereocenters. The van der Waals surface area contributed by atoms with Gasteiger partial charge in [0.2, 0.25) is 0 Å². The minimum atomic E-state index is 0.208. The molecule has 0 aromatic carbocycles. The second kappa shape index (κ2) is 7.23. The van der Waals surface area contributed by atoms with Crippen LogP contribution in [0, 0.1) is 0 Å². The highest BCUT2D eigenvalue weighted by molar-refractivity contribution is 5.29. The largest absolute Gasteiger partial charge is 0.312 e. The van der Waals surface area contributed by atoms with Gasteiger partial charge in [0.1, 0.15) is 0 Å². The smallest absolute Gasteiger partial charge is 0.255 e. The molecule has 0 radical (unpaired) electrons. The SMILES string of the molecule is CCCCn1c2c(cc(CNC(C)C)c1=O)CN(C)CC2. The summed E-state index contributed by atoms with van der Waals surface area (Å²) in [4.78, 5) is 15.1. The first-order valence-corrected chi connectivity index (χ1v) is 8.19. The second-order valence-electron chi connectivity index (χ2n) is 6.48. The molecule has 1 N–H and O–H groups in total. The van der Waals surface area contributed by atoms with Gasteiger partial charge in [-0.2, -0.15) is 0 Å². The number of nitrogens with one attached hydrogen (secondary N) is 1. The van der Waals surface area contributed by atoms with E-state index < -0.39 is 0 Å². The summed E-state index contributed by atoms with van der Waals surface area (Å²) in [7, 11) is 2.15. The van der Waals surface area contributed by atoms with Crippen LogP contribution in [0.15, 0.2) is 10.9 Å². The Kier molecular flexibility index (Phi) is 5.59. The first-order chi connectivity index (χ1) is 10.0. The Bertz CT molecular complexity index is 534. The van der Waals surface area contributed by atoms with E-state index in [1.165, 1.54) is 11.3 Å². The fourth-order valence-electron chi connectivity index (χ4n) is 2.92. The molecule has 4 nitrogen and oxygen atoms in total. The summed E-state index contributed by atoms with van der Waals surface area (Å²) in [5.74, 6) is 0. The zero-order valence-electron chi connectivity index (χ0n) is 13.9. The summed E-state index contributed by atoms with van der Waals surface area (Å²) in [5, 5.41) is 3.38. The molecule has 0 saturated heterocycles. The van der Waals surface area contributed by atoms with Gasteiger partial charge in [0, 0.05) is 49.9 Å². The van der Waals surface area contributed by atoms with Crippen molar-refractivity contribution in [2.24, 2.45) is 0 Å². The number of fused-ring (bicyclic) bond motifs is 1. The van der Waals surface area contributed by atoms with Crippen LogP contribution in [0.4, 0.5) is 0 Å². The van der Waals surface area contributed by atoms with Gasteiger partial charge in [0.15, 0.2) is 0 Å². The molecular formula is C17H29N3O. The third-order valence-electron chi connectivity index (χ3n) is 4.17. The molecule has 0 amide bonds. The van der Waals surface area contributed by atoms with Crippen molar-refractivity contribution < 1.29 is 0 Å². The molecule has 2 heterocycles. The molecule has 4 heteroatoms. The molecule has 1 aromatic heterocycles. The van der Waals surface area contributed by atoms with Crippen molar-refractivity contribution >= 4 is 0 Å². The van der Waals surface area contributed by atoms with E-state index in [2.05, 4.69) is 44.1 Å². The molecule has 21 heavy (non-hydrogen) atoms. The summed E-state index contributed by atoms with van der Waals surface area (Å²) in [6, 6.07) is 2.53. The molecule has 1 aliphatic rings. The summed E-state index contributed by atoms with van der Waals surface area (Å²) in [6.45, 7) is 9.92. The van der Waals surface area contributed by atoms with Crippen LogP contribution in [0.3, 0.4) is 0 Å². The van der Waals surface area contributed by atoms with E-state index in [1.54, 1.807) is 0 Å². The number of likely N-dealkylation sites (N-methyl/N-ethyl adjacent to an activating group) is 1. The fourth-order valence-corrected chi connectivity index (χ4v) is 2.92. The van der Waals surface area contributed by atoms with Crippen molar-refractivity contribution in [2.75, 3.05) is 13.6 Å². The van der Waals surface area contributed by atoms with Gasteiger partial charge in [-0.15, -0.1) is 0 Å². The standard InChI is InChI=1S/C17H29N3O/c1-5-6-8-20-16-7-9-19(4)12-15(16)10-14(17(20)21)11-18-13(2)3/h10,13,18H,5-9,11-12H2,1-4H3. The van der Waals surface area contributed by atoms with Crippen LogP contribution in [-0.2, 0) is 26.1 Å². The van der Waals surface area contributed by atoms with E-state index in [0.29, 0.717) is 12.6 Å². The first-order valence-electron chi connectivity index (χ1n) is 8.19. The van der Waals surface area contributed by atoms with Crippen LogP contribution in [0.5, 0.6) is 0 Å². The number of nitrogens with zero attached hydrogens (tertiary/aromatic N) is 2. The molecular weight excluding hydrogens is 262 g/mol. The van der Waals surface area contributed by atoms with Crippen LogP contribution < -0.4 is 10.9 Å². The lowest BCUT2D eigenvalue weighted by atomic mass is 10.0. The third-order valence-corrected chi connectivity index (χ3v) is 4.17. The van der Waals surface area contributed by atoms with E-state index in [9.17, 15) is 4.79 Å². The van der Waals surface area contributed by atoms with Gasteiger partial charge in [-0.3, -0.25) is 4.79 Å². The Hall–Kier alpha value is -1.13. The minimum absolute atomic E-state index is 0.208. The molecule has 0 spiro atoms. The summed E-state index contributed by atoms with van der Waals surface area (Å²) in [5.41, 5.74) is 3.72. The minimum Gasteiger partial charge on any atom is -0.312 e. The molecule has 1 aliphatic heterocycles. The molecule has 0 saturated carbocycles. The van der Waals surface area contributed by atoms with Crippen molar-refractivity contribution in [3.8, 4) is 0 Å². The van der Waals surface area contributed by atoms with Gasteiger partial charge in [0.25, 0.3) is 5.56 Å². The molecule has 0 aliphatic carbocycles. The van der Waals surface area contributed by atoms with Crippen LogP contribution >= 0.6 is 0 Å². The van der Waals surface area contributed by atoms with E-state index in [1.807, 2.05) is 4.57 Å². The molecule has 0 bridgehead atoms. The number of pyridine rings is 1. The lowest BCUT2D eigenvalue weighted by molar-refractivity contribution is 0.303. The van der Waals surface area contributed by atoms with Crippen LogP contribution in [-0.4, -0.2) is 29.1 Å². The van der Waals surface area contributed by atoms with E-state index in [-0.39, 0.29) is 5.56 Å². The molecule has 1 aromatic rings. The van der Waals surface area contributed by atoms with Gasteiger partial charge in [-0.1, -0.05) is 27.2 Å². The van der Waals surface area contributed by atoms with Crippen molar-refractivity contribution in [1.29, 1.82) is 0 Å². The predicted molar refractivity (Wildman–Crippen MR) is 87.6 cm³/mol. The Morgan fingerprint density at radius 2 is 2.14 bits per heavy atom. The summed E-state index contributed by atoms with van der Waals surface area (Å²) < 4.78 is 2.04. The van der Waals surface area contributed by atoms with Gasteiger partial charge < -0.3 is 14.8 Å². The first kappa shape index (κ1) is 16.2. The maximum Gasteiger partial charge on any atom is 0.255 e. The van der Waals surface area contributed by atoms with Crippen molar-refractivity contribution in [3.63, 3.8) is 0 Å². The Morgan fingerprint density at radius 3 is 2.81 bits per heavy atom. The maximum atomic E-state index is 12.8. The normalized spacial score (nSPS) is 15.5. The molecule has 118 valence electrons. The highest BCUT2D eigenvalue weighted by Crippen LogP contribution is 2.18. The van der Waals surface area contributed by atoms with Crippen molar-refractivity contribution in [2.45, 2.75) is 65.7 Å². The quantitative estimate of drug-likeness (QED) is 0.872. The lowest BCUT2D eigenvalue weighted by Crippen LogP contribution is -2.37. The zero-order valence-corrected chi connectivity index (χ0v) is 13.9. The van der Waals surface area contributed by atoms with Gasteiger partial charge in [0.05, 0.1) is 0 Å². The number of aromatic nitrogens is 1. The van der Waals surface area contributed by atoms with Crippen LogP contribution in [0.1, 0.15) is 50.4 Å². The van der Waals surface area contributed by atoms with Gasteiger partial charge in [-0.05, 0) is 25.1 Å². The second-order valence-corrected chi connectivity index (χ2v) is 6.48. The van der Waals surface area contributed by atoms with Gasteiger partial charge >= 0.3 is 0 Å². The topological polar surface area (TPSA) is 37.3 Å². The molecule has 2 rings (SSSR count). The summed E-state index contributed by atoms with van der Waals surface area (Å²) in [6.07, 6.45) is 3.18. The highest BCUT2D eigenvalue weighted by atomic mass is 16.1. The number of rotatable bonds is 6. The number of hydrogen-bond acceptors (Lipinski definition) is 3. The van der Waals surface area contributed by atoms with E-state index in [0.717, 1.165) is 44.5 Å². The third kappa shape index (κ3) is 3.95. The maximum absolute atomic E-state index is 12.8. The number of hydrogen-bond donors (Lipinski definition) is 1. The van der Waals surface area contributed by atoms with Gasteiger partial charge in [-0.25, -0.2) is 0 Å². The zero-order chi connectivity index (χ0) is 15.4. The molecule has 0 unspecified atom stereocenters. The van der Waals surface area contributed by atoms with Crippen molar-refractivity contribution in [1.82, 2.24) is 14.8 Å². The average molecular weight is 291 g/mol. The number of unbranched alkanes of at least 4 members (excludes halogenated alkanes) is 1.